The van der Waals surface area contributed by atoms with Crippen molar-refractivity contribution in [1.29, 1.82) is 0 Å². The first-order chi connectivity index (χ1) is 16.8. The van der Waals surface area contributed by atoms with E-state index in [1.165, 1.54) is 12.8 Å². The summed E-state index contributed by atoms with van der Waals surface area (Å²) in [5, 5.41) is 2.34. The van der Waals surface area contributed by atoms with Gasteiger partial charge in [-0.2, -0.15) is 0 Å². The first-order valence-corrected chi connectivity index (χ1v) is 14.9. The number of carbonyl (C=O) groups excluding carboxylic acids is 1. The zero-order valence-electron chi connectivity index (χ0n) is 20.7. The summed E-state index contributed by atoms with van der Waals surface area (Å²) in [6.45, 7) is 7.37. The van der Waals surface area contributed by atoms with Crippen molar-refractivity contribution < 1.29 is 13.2 Å². The van der Waals surface area contributed by atoms with Crippen molar-refractivity contribution in [2.24, 2.45) is 5.41 Å². The van der Waals surface area contributed by atoms with Crippen molar-refractivity contribution >= 4 is 38.3 Å². The molecule has 1 saturated carbocycles. The molecule has 1 amide bonds. The standard InChI is InChI=1S/C27H36ClN3O3S/c1-3-22(4-2)30-14-10-23(11-15-30)31-13-5-12-27(26(31)32)18-25(27)29-35(33,34)24-9-7-19-16-21(28)8-6-20(19)17-24/h6-9,16-17,22-23,25,29H,3-5,10-15,18H2,1-2H3/t25?,27-/m0/s1. The Morgan fingerprint density at radius 2 is 1.74 bits per heavy atom. The Balaban J connectivity index is 1.25. The second kappa shape index (κ2) is 9.66. The fraction of sp³-hybridized carbons (Fsp3) is 0.593. The second-order valence-corrected chi connectivity index (χ2v) is 12.7. The molecular formula is C27H36ClN3O3S. The van der Waals surface area contributed by atoms with Crippen LogP contribution in [0.5, 0.6) is 0 Å². The van der Waals surface area contributed by atoms with E-state index >= 15 is 0 Å². The maximum atomic E-state index is 13.6. The van der Waals surface area contributed by atoms with Crippen molar-refractivity contribution in [3.8, 4) is 0 Å². The minimum absolute atomic E-state index is 0.158. The number of halogens is 1. The maximum Gasteiger partial charge on any atom is 0.240 e. The molecule has 2 atom stereocenters. The summed E-state index contributed by atoms with van der Waals surface area (Å²) in [5.74, 6) is 0.158. The topological polar surface area (TPSA) is 69.7 Å². The van der Waals surface area contributed by atoms with Crippen LogP contribution in [0.4, 0.5) is 0 Å². The highest BCUT2D eigenvalue weighted by atomic mass is 35.5. The van der Waals surface area contributed by atoms with E-state index in [1.807, 2.05) is 12.1 Å². The fourth-order valence-corrected chi connectivity index (χ4v) is 7.89. The highest BCUT2D eigenvalue weighted by Gasteiger charge is 2.63. The van der Waals surface area contributed by atoms with Gasteiger partial charge < -0.3 is 9.80 Å². The van der Waals surface area contributed by atoms with Gasteiger partial charge in [0.2, 0.25) is 15.9 Å². The number of rotatable bonds is 7. The lowest BCUT2D eigenvalue weighted by molar-refractivity contribution is -0.144. The van der Waals surface area contributed by atoms with E-state index in [9.17, 15) is 13.2 Å². The lowest BCUT2D eigenvalue weighted by Crippen LogP contribution is -2.54. The van der Waals surface area contributed by atoms with E-state index < -0.39 is 15.4 Å². The molecule has 190 valence electrons. The van der Waals surface area contributed by atoms with Crippen LogP contribution in [0.3, 0.4) is 0 Å². The second-order valence-electron chi connectivity index (χ2n) is 10.5. The van der Waals surface area contributed by atoms with Gasteiger partial charge in [0.15, 0.2) is 0 Å². The van der Waals surface area contributed by atoms with Crippen molar-refractivity contribution in [1.82, 2.24) is 14.5 Å². The van der Waals surface area contributed by atoms with Crippen LogP contribution in [0, 0.1) is 5.41 Å². The van der Waals surface area contributed by atoms with Crippen molar-refractivity contribution in [2.45, 2.75) is 81.8 Å². The number of nitrogens with one attached hydrogen (secondary N) is 1. The molecule has 2 heterocycles. The third-order valence-corrected chi connectivity index (χ3v) is 10.3. The maximum absolute atomic E-state index is 13.6. The molecule has 0 bridgehead atoms. The van der Waals surface area contributed by atoms with E-state index in [4.69, 9.17) is 11.6 Å². The van der Waals surface area contributed by atoms with Crippen LogP contribution >= 0.6 is 11.6 Å². The van der Waals surface area contributed by atoms with Gasteiger partial charge in [-0.05, 0) is 80.0 Å². The number of carbonyl (C=O) groups is 1. The van der Waals surface area contributed by atoms with Gasteiger partial charge in [0.05, 0.1) is 10.3 Å². The van der Waals surface area contributed by atoms with E-state index in [-0.39, 0.29) is 22.9 Å². The first-order valence-electron chi connectivity index (χ1n) is 13.0. The van der Waals surface area contributed by atoms with E-state index in [0.717, 1.165) is 56.1 Å². The summed E-state index contributed by atoms with van der Waals surface area (Å²) in [6, 6.07) is 11.0. The highest BCUT2D eigenvalue weighted by molar-refractivity contribution is 7.89. The number of sulfonamides is 1. The normalized spacial score (nSPS) is 26.2. The van der Waals surface area contributed by atoms with Crippen LogP contribution in [0.1, 0.15) is 58.8 Å². The van der Waals surface area contributed by atoms with Crippen LogP contribution < -0.4 is 4.72 Å². The number of nitrogens with zero attached hydrogens (tertiary/aromatic N) is 2. The predicted molar refractivity (Wildman–Crippen MR) is 140 cm³/mol. The van der Waals surface area contributed by atoms with Crippen LogP contribution in [0.2, 0.25) is 5.02 Å². The molecule has 35 heavy (non-hydrogen) atoms. The molecular weight excluding hydrogens is 482 g/mol. The Labute approximate surface area is 214 Å². The smallest absolute Gasteiger partial charge is 0.240 e. The molecule has 3 fully saturated rings. The largest absolute Gasteiger partial charge is 0.339 e. The fourth-order valence-electron chi connectivity index (χ4n) is 6.37. The summed E-state index contributed by atoms with van der Waals surface area (Å²) in [5.41, 5.74) is -0.567. The Morgan fingerprint density at radius 3 is 2.46 bits per heavy atom. The number of hydrogen-bond donors (Lipinski definition) is 1. The molecule has 5 rings (SSSR count). The minimum atomic E-state index is -3.72. The molecule has 8 heteroatoms. The molecule has 2 saturated heterocycles. The number of benzene rings is 2. The summed E-state index contributed by atoms with van der Waals surface area (Å²) in [4.78, 5) is 18.5. The number of fused-ring (bicyclic) bond motifs is 1. The average molecular weight is 518 g/mol. The molecule has 2 aliphatic heterocycles. The lowest BCUT2D eigenvalue weighted by atomic mass is 9.89. The Kier molecular flexibility index (Phi) is 6.90. The molecule has 1 aliphatic carbocycles. The molecule has 1 unspecified atom stereocenters. The molecule has 0 aromatic heterocycles. The Bertz CT molecular complexity index is 1210. The van der Waals surface area contributed by atoms with Gasteiger partial charge in [-0.3, -0.25) is 4.79 Å². The number of hydrogen-bond acceptors (Lipinski definition) is 4. The van der Waals surface area contributed by atoms with Gasteiger partial charge in [-0.25, -0.2) is 13.1 Å². The Morgan fingerprint density at radius 1 is 1.06 bits per heavy atom. The van der Waals surface area contributed by atoms with E-state index in [1.54, 1.807) is 24.3 Å². The summed E-state index contributed by atoms with van der Waals surface area (Å²) in [7, 11) is -3.72. The van der Waals surface area contributed by atoms with Gasteiger partial charge in [0.1, 0.15) is 0 Å². The van der Waals surface area contributed by atoms with E-state index in [0.29, 0.717) is 17.5 Å². The van der Waals surface area contributed by atoms with Crippen LogP contribution in [-0.4, -0.2) is 61.9 Å². The minimum Gasteiger partial charge on any atom is -0.339 e. The van der Waals surface area contributed by atoms with Gasteiger partial charge in [0, 0.05) is 42.8 Å². The molecule has 2 aromatic carbocycles. The zero-order chi connectivity index (χ0) is 24.8. The van der Waals surface area contributed by atoms with Gasteiger partial charge in [-0.15, -0.1) is 0 Å². The van der Waals surface area contributed by atoms with Crippen LogP contribution in [0.25, 0.3) is 10.8 Å². The average Bonchev–Trinajstić information content (AvgIpc) is 3.53. The first kappa shape index (κ1) is 25.0. The van der Waals surface area contributed by atoms with Gasteiger partial charge in [-0.1, -0.05) is 37.6 Å². The quantitative estimate of drug-likeness (QED) is 0.572. The van der Waals surface area contributed by atoms with Crippen molar-refractivity contribution in [2.75, 3.05) is 19.6 Å². The van der Waals surface area contributed by atoms with Gasteiger partial charge >= 0.3 is 0 Å². The Hall–Kier alpha value is -1.67. The molecule has 0 radical (unpaired) electrons. The van der Waals surface area contributed by atoms with Crippen molar-refractivity contribution in [3.05, 3.63) is 41.4 Å². The molecule has 6 nitrogen and oxygen atoms in total. The van der Waals surface area contributed by atoms with Crippen LogP contribution in [-0.2, 0) is 14.8 Å². The number of amides is 1. The molecule has 3 aliphatic rings. The lowest BCUT2D eigenvalue weighted by Gasteiger charge is -2.44. The molecule has 2 aromatic rings. The highest BCUT2D eigenvalue weighted by Crippen LogP contribution is 2.54. The summed E-state index contributed by atoms with van der Waals surface area (Å²) >= 11 is 6.05. The third-order valence-electron chi connectivity index (χ3n) is 8.56. The third kappa shape index (κ3) is 4.73. The zero-order valence-corrected chi connectivity index (χ0v) is 22.2. The van der Waals surface area contributed by atoms with Crippen LogP contribution in [0.15, 0.2) is 41.3 Å². The monoisotopic (exact) mass is 517 g/mol. The molecule has 1 spiro atoms. The predicted octanol–water partition coefficient (Wildman–Crippen LogP) is 4.81. The van der Waals surface area contributed by atoms with Gasteiger partial charge in [0.25, 0.3) is 0 Å². The molecule has 1 N–H and O–H groups in total. The number of likely N-dealkylation sites (tertiary alicyclic amines) is 2. The van der Waals surface area contributed by atoms with E-state index in [2.05, 4.69) is 28.4 Å². The van der Waals surface area contributed by atoms with Crippen molar-refractivity contribution in [3.63, 3.8) is 0 Å². The number of piperidine rings is 2. The summed E-state index contributed by atoms with van der Waals surface area (Å²) in [6.07, 6.45) is 6.65. The SMILES string of the molecule is CCC(CC)N1CCC(N2CCC[C@@]3(CC3NS(=O)(=O)c3ccc4cc(Cl)ccc4c3)C2=O)CC1. The summed E-state index contributed by atoms with van der Waals surface area (Å²) < 4.78 is 29.3.